The molecule has 3 aromatic rings. The smallest absolute Gasteiger partial charge is 0.256 e. The largest absolute Gasteiger partial charge is 0.493 e. The molecule has 4 rings (SSSR count). The molecule has 0 radical (unpaired) electrons. The number of hydrogen-bond acceptors (Lipinski definition) is 6. The first-order valence-electron chi connectivity index (χ1n) is 10.7. The fourth-order valence-electron chi connectivity index (χ4n) is 4.13. The van der Waals surface area contributed by atoms with Crippen LogP contribution in [0.1, 0.15) is 47.9 Å². The lowest BCUT2D eigenvalue weighted by atomic mass is 9.91. The molecule has 0 saturated heterocycles. The third-order valence-electron chi connectivity index (χ3n) is 5.79. The van der Waals surface area contributed by atoms with E-state index in [0.29, 0.717) is 30.0 Å². The molecule has 3 heterocycles. The van der Waals surface area contributed by atoms with E-state index in [9.17, 15) is 4.79 Å². The van der Waals surface area contributed by atoms with E-state index in [1.54, 1.807) is 26.6 Å². The second-order valence-electron chi connectivity index (χ2n) is 8.48. The topological polar surface area (TPSA) is 90.3 Å². The summed E-state index contributed by atoms with van der Waals surface area (Å²) in [7, 11) is 3.22. The zero-order valence-corrected chi connectivity index (χ0v) is 18.9. The number of fused-ring (bicyclic) bond motifs is 1. The highest BCUT2D eigenvalue weighted by Crippen LogP contribution is 2.39. The van der Waals surface area contributed by atoms with Crippen molar-refractivity contribution in [2.75, 3.05) is 26.1 Å². The fourth-order valence-corrected chi connectivity index (χ4v) is 4.13. The van der Waals surface area contributed by atoms with Gasteiger partial charge >= 0.3 is 0 Å². The van der Waals surface area contributed by atoms with Crippen LogP contribution in [0, 0.1) is 0 Å². The predicted octanol–water partition coefficient (Wildman–Crippen LogP) is 3.56. The summed E-state index contributed by atoms with van der Waals surface area (Å²) in [5.74, 6) is 1.93. The van der Waals surface area contributed by atoms with Crippen molar-refractivity contribution in [2.24, 2.45) is 0 Å². The molecule has 168 valence electrons. The van der Waals surface area contributed by atoms with Crippen LogP contribution in [0.15, 0.2) is 48.8 Å². The van der Waals surface area contributed by atoms with Gasteiger partial charge in [0.1, 0.15) is 11.4 Å². The number of pyridine rings is 1. The Labute approximate surface area is 188 Å². The molecule has 0 spiro atoms. The highest BCUT2D eigenvalue weighted by atomic mass is 16.5. The van der Waals surface area contributed by atoms with Crippen molar-refractivity contribution in [1.82, 2.24) is 20.1 Å². The maximum Gasteiger partial charge on any atom is 0.256 e. The molecule has 2 N–H and O–H groups in total. The standard InChI is InChI=1S/C24H29N5O3/c1-24(2)14-19(18-7-5-6-11-25-18)28-22-17(15-27-29(22)24)23(30)26-12-10-16-8-9-20(31-3)21(13-16)32-4/h5-9,11,13,15,19,28H,10,12,14H2,1-4H3,(H,26,30). The van der Waals surface area contributed by atoms with Crippen LogP contribution in [0.3, 0.4) is 0 Å². The average Bonchev–Trinajstić information content (AvgIpc) is 3.24. The molecule has 1 atom stereocenters. The monoisotopic (exact) mass is 435 g/mol. The van der Waals surface area contributed by atoms with Gasteiger partial charge in [0.25, 0.3) is 5.91 Å². The molecule has 0 bridgehead atoms. The van der Waals surface area contributed by atoms with E-state index in [1.165, 1.54) is 0 Å². The van der Waals surface area contributed by atoms with Gasteiger partial charge in [0.2, 0.25) is 0 Å². The number of hydrogen-bond donors (Lipinski definition) is 2. The minimum absolute atomic E-state index is 0.00807. The number of carbonyl (C=O) groups is 1. The van der Waals surface area contributed by atoms with Crippen LogP contribution in [0.25, 0.3) is 0 Å². The lowest BCUT2D eigenvalue weighted by Gasteiger charge is -2.37. The highest BCUT2D eigenvalue weighted by molar-refractivity contribution is 5.98. The average molecular weight is 436 g/mol. The number of nitrogens with zero attached hydrogens (tertiary/aromatic N) is 3. The van der Waals surface area contributed by atoms with Crippen LogP contribution in [0.4, 0.5) is 5.82 Å². The van der Waals surface area contributed by atoms with E-state index in [0.717, 1.165) is 23.5 Å². The molecule has 1 aliphatic rings. The summed E-state index contributed by atoms with van der Waals surface area (Å²) in [5, 5.41) is 11.0. The lowest BCUT2D eigenvalue weighted by molar-refractivity contribution is 0.0954. The van der Waals surface area contributed by atoms with Crippen molar-refractivity contribution in [1.29, 1.82) is 0 Å². The van der Waals surface area contributed by atoms with E-state index < -0.39 is 0 Å². The minimum atomic E-state index is -0.249. The van der Waals surface area contributed by atoms with Crippen LogP contribution < -0.4 is 20.1 Å². The van der Waals surface area contributed by atoms with Gasteiger partial charge in [0.15, 0.2) is 11.5 Å². The zero-order chi connectivity index (χ0) is 22.7. The van der Waals surface area contributed by atoms with Gasteiger partial charge < -0.3 is 20.1 Å². The number of nitrogens with one attached hydrogen (secondary N) is 2. The molecule has 1 amide bonds. The number of methoxy groups -OCH3 is 2. The molecule has 0 fully saturated rings. The number of ether oxygens (including phenoxy) is 2. The normalized spacial score (nSPS) is 16.6. The minimum Gasteiger partial charge on any atom is -0.493 e. The van der Waals surface area contributed by atoms with Gasteiger partial charge in [-0.2, -0.15) is 5.10 Å². The molecule has 32 heavy (non-hydrogen) atoms. The molecule has 8 heteroatoms. The van der Waals surface area contributed by atoms with E-state index in [-0.39, 0.29) is 17.5 Å². The Balaban J connectivity index is 1.46. The summed E-state index contributed by atoms with van der Waals surface area (Å²) in [5.41, 5.74) is 2.29. The van der Waals surface area contributed by atoms with Gasteiger partial charge in [-0.25, -0.2) is 4.68 Å². The summed E-state index contributed by atoms with van der Waals surface area (Å²) in [6.45, 7) is 4.74. The zero-order valence-electron chi connectivity index (χ0n) is 18.9. The maximum absolute atomic E-state index is 13.0. The third kappa shape index (κ3) is 4.26. The maximum atomic E-state index is 13.0. The van der Waals surface area contributed by atoms with Crippen LogP contribution >= 0.6 is 0 Å². The number of carbonyl (C=O) groups excluding carboxylic acids is 1. The Morgan fingerprint density at radius 3 is 2.75 bits per heavy atom. The molecule has 8 nitrogen and oxygen atoms in total. The highest BCUT2D eigenvalue weighted by Gasteiger charge is 2.37. The molecular formula is C24H29N5O3. The van der Waals surface area contributed by atoms with Gasteiger partial charge in [-0.15, -0.1) is 0 Å². The Morgan fingerprint density at radius 2 is 2.03 bits per heavy atom. The molecule has 2 aromatic heterocycles. The van der Waals surface area contributed by atoms with Crippen LogP contribution in [0.5, 0.6) is 11.5 Å². The van der Waals surface area contributed by atoms with E-state index >= 15 is 0 Å². The van der Waals surface area contributed by atoms with Crippen molar-refractivity contribution in [3.8, 4) is 11.5 Å². The lowest BCUT2D eigenvalue weighted by Crippen LogP contribution is -2.39. The van der Waals surface area contributed by atoms with Crippen molar-refractivity contribution in [2.45, 2.75) is 38.3 Å². The second-order valence-corrected chi connectivity index (χ2v) is 8.48. The first kappa shape index (κ1) is 21.7. The van der Waals surface area contributed by atoms with Crippen LogP contribution in [-0.2, 0) is 12.0 Å². The molecule has 1 aromatic carbocycles. The molecule has 0 saturated carbocycles. The number of anilines is 1. The van der Waals surface area contributed by atoms with Crippen molar-refractivity contribution >= 4 is 11.7 Å². The Bertz CT molecular complexity index is 1090. The number of amides is 1. The van der Waals surface area contributed by atoms with Gasteiger partial charge in [0, 0.05) is 12.7 Å². The van der Waals surface area contributed by atoms with Gasteiger partial charge in [-0.1, -0.05) is 12.1 Å². The molecule has 1 unspecified atom stereocenters. The first-order valence-corrected chi connectivity index (χ1v) is 10.7. The van der Waals surface area contributed by atoms with Crippen molar-refractivity contribution in [3.05, 3.63) is 65.6 Å². The number of rotatable bonds is 7. The summed E-state index contributed by atoms with van der Waals surface area (Å²) in [6, 6.07) is 11.7. The van der Waals surface area contributed by atoms with Crippen molar-refractivity contribution in [3.63, 3.8) is 0 Å². The summed E-state index contributed by atoms with van der Waals surface area (Å²) >= 11 is 0. The quantitative estimate of drug-likeness (QED) is 0.590. The summed E-state index contributed by atoms with van der Waals surface area (Å²) in [4.78, 5) is 17.5. The first-order chi connectivity index (χ1) is 15.4. The van der Waals surface area contributed by atoms with E-state index in [1.807, 2.05) is 41.1 Å². The van der Waals surface area contributed by atoms with Crippen molar-refractivity contribution < 1.29 is 14.3 Å². The van der Waals surface area contributed by atoms with Crippen LogP contribution in [-0.4, -0.2) is 41.4 Å². The Morgan fingerprint density at radius 1 is 1.22 bits per heavy atom. The summed E-state index contributed by atoms with van der Waals surface area (Å²) in [6.07, 6.45) is 4.92. The number of aromatic nitrogens is 3. The van der Waals surface area contributed by atoms with E-state index in [2.05, 4.69) is 34.6 Å². The van der Waals surface area contributed by atoms with Gasteiger partial charge in [-0.3, -0.25) is 9.78 Å². The Kier molecular flexibility index (Phi) is 6.03. The predicted molar refractivity (Wildman–Crippen MR) is 122 cm³/mol. The number of benzene rings is 1. The second kappa shape index (κ2) is 8.90. The van der Waals surface area contributed by atoms with Gasteiger partial charge in [0.05, 0.1) is 37.7 Å². The molecule has 1 aliphatic heterocycles. The Hall–Kier alpha value is -3.55. The van der Waals surface area contributed by atoms with Gasteiger partial charge in [-0.05, 0) is 56.5 Å². The van der Waals surface area contributed by atoms with Crippen LogP contribution in [0.2, 0.25) is 0 Å². The summed E-state index contributed by atoms with van der Waals surface area (Å²) < 4.78 is 12.5. The molecular weight excluding hydrogens is 406 g/mol. The fraction of sp³-hybridized carbons (Fsp3) is 0.375. The molecule has 0 aliphatic carbocycles. The third-order valence-corrected chi connectivity index (χ3v) is 5.79. The van der Waals surface area contributed by atoms with E-state index in [4.69, 9.17) is 9.47 Å². The SMILES string of the molecule is COc1ccc(CCNC(=O)c2cnn3c2NC(c2ccccn2)CC3(C)C)cc1OC.